The fraction of sp³-hybridized carbons (Fsp3) is 0.533. The lowest BCUT2D eigenvalue weighted by Crippen LogP contribution is -2.36. The first kappa shape index (κ1) is 14.8. The Morgan fingerprint density at radius 2 is 1.95 bits per heavy atom. The third kappa shape index (κ3) is 4.45. The standard InChI is InChI=1S/C15H20INO2/c1-2-19-15(18)13-7-9-17(10-8-13)11-12-3-5-14(16)6-4-12/h3-6,13H,2,7-11H2,1H3. The topological polar surface area (TPSA) is 29.5 Å². The molecule has 1 aromatic carbocycles. The van der Waals surface area contributed by atoms with Crippen LogP contribution in [-0.2, 0) is 16.1 Å². The molecule has 4 heteroatoms. The van der Waals surface area contributed by atoms with Gasteiger partial charge in [0, 0.05) is 10.1 Å². The summed E-state index contributed by atoms with van der Waals surface area (Å²) < 4.78 is 6.36. The zero-order chi connectivity index (χ0) is 13.7. The van der Waals surface area contributed by atoms with Gasteiger partial charge in [-0.1, -0.05) is 12.1 Å². The lowest BCUT2D eigenvalue weighted by molar-refractivity contribution is -0.149. The molecule has 0 amide bonds. The van der Waals surface area contributed by atoms with Crippen LogP contribution in [0.1, 0.15) is 25.3 Å². The summed E-state index contributed by atoms with van der Waals surface area (Å²) in [5.74, 6) is 0.0873. The molecule has 0 atom stereocenters. The molecule has 0 spiro atoms. The minimum absolute atomic E-state index is 0.0172. The number of esters is 1. The van der Waals surface area contributed by atoms with E-state index < -0.39 is 0 Å². The van der Waals surface area contributed by atoms with Gasteiger partial charge >= 0.3 is 5.97 Å². The number of carbonyl (C=O) groups excluding carboxylic acids is 1. The molecule has 3 nitrogen and oxygen atoms in total. The van der Waals surface area contributed by atoms with Crippen LogP contribution in [0.3, 0.4) is 0 Å². The molecule has 1 fully saturated rings. The minimum atomic E-state index is -0.0172. The van der Waals surface area contributed by atoms with Crippen LogP contribution in [0.15, 0.2) is 24.3 Å². The van der Waals surface area contributed by atoms with E-state index in [2.05, 4.69) is 51.8 Å². The Morgan fingerprint density at radius 3 is 2.53 bits per heavy atom. The molecule has 0 aliphatic carbocycles. The maximum atomic E-state index is 11.7. The van der Waals surface area contributed by atoms with Gasteiger partial charge in [-0.05, 0) is 73.1 Å². The number of carbonyl (C=O) groups is 1. The summed E-state index contributed by atoms with van der Waals surface area (Å²) >= 11 is 2.32. The lowest BCUT2D eigenvalue weighted by atomic mass is 9.96. The average Bonchev–Trinajstić information content (AvgIpc) is 2.42. The predicted octanol–water partition coefficient (Wildman–Crippen LogP) is 3.07. The van der Waals surface area contributed by atoms with E-state index in [0.29, 0.717) is 6.61 Å². The first-order valence-electron chi connectivity index (χ1n) is 6.82. The summed E-state index contributed by atoms with van der Waals surface area (Å²) in [5.41, 5.74) is 1.34. The molecule has 0 aromatic heterocycles. The van der Waals surface area contributed by atoms with E-state index in [1.807, 2.05) is 6.92 Å². The number of benzene rings is 1. The molecule has 19 heavy (non-hydrogen) atoms. The summed E-state index contributed by atoms with van der Waals surface area (Å²) in [6.45, 7) is 5.29. The summed E-state index contributed by atoms with van der Waals surface area (Å²) in [5, 5.41) is 0. The van der Waals surface area contributed by atoms with Crippen molar-refractivity contribution in [1.82, 2.24) is 4.90 Å². The molecule has 0 bridgehead atoms. The van der Waals surface area contributed by atoms with Gasteiger partial charge in [-0.2, -0.15) is 0 Å². The van der Waals surface area contributed by atoms with E-state index in [1.54, 1.807) is 0 Å². The van der Waals surface area contributed by atoms with E-state index in [4.69, 9.17) is 4.74 Å². The van der Waals surface area contributed by atoms with Crippen LogP contribution in [0.5, 0.6) is 0 Å². The van der Waals surface area contributed by atoms with E-state index in [1.165, 1.54) is 9.13 Å². The van der Waals surface area contributed by atoms with Crippen molar-refractivity contribution in [2.24, 2.45) is 5.92 Å². The predicted molar refractivity (Wildman–Crippen MR) is 83.8 cm³/mol. The summed E-state index contributed by atoms with van der Waals surface area (Å²) in [7, 11) is 0. The number of rotatable bonds is 4. The molecular formula is C15H20INO2. The molecule has 1 saturated heterocycles. The third-order valence-electron chi connectivity index (χ3n) is 3.53. The van der Waals surface area contributed by atoms with Crippen molar-refractivity contribution >= 4 is 28.6 Å². The van der Waals surface area contributed by atoms with Gasteiger partial charge < -0.3 is 4.74 Å². The van der Waals surface area contributed by atoms with E-state index >= 15 is 0 Å². The van der Waals surface area contributed by atoms with Crippen LogP contribution in [0.2, 0.25) is 0 Å². The summed E-state index contributed by atoms with van der Waals surface area (Å²) in [4.78, 5) is 14.1. The Balaban J connectivity index is 1.80. The monoisotopic (exact) mass is 373 g/mol. The number of hydrogen-bond donors (Lipinski definition) is 0. The molecule has 1 aliphatic rings. The molecule has 1 aliphatic heterocycles. The van der Waals surface area contributed by atoms with Gasteiger partial charge in [-0.25, -0.2) is 0 Å². The Hall–Kier alpha value is -0.620. The Kier molecular flexibility index (Phi) is 5.63. The van der Waals surface area contributed by atoms with Crippen molar-refractivity contribution in [2.75, 3.05) is 19.7 Å². The number of likely N-dealkylation sites (tertiary alicyclic amines) is 1. The first-order chi connectivity index (χ1) is 9.19. The van der Waals surface area contributed by atoms with E-state index in [-0.39, 0.29) is 11.9 Å². The van der Waals surface area contributed by atoms with Crippen molar-refractivity contribution in [3.63, 3.8) is 0 Å². The number of piperidine rings is 1. The van der Waals surface area contributed by atoms with Crippen LogP contribution in [0.4, 0.5) is 0 Å². The van der Waals surface area contributed by atoms with Gasteiger partial charge in [0.2, 0.25) is 0 Å². The fourth-order valence-electron chi connectivity index (χ4n) is 2.43. The maximum Gasteiger partial charge on any atom is 0.309 e. The number of hydrogen-bond acceptors (Lipinski definition) is 3. The number of nitrogens with zero attached hydrogens (tertiary/aromatic N) is 1. The highest BCUT2D eigenvalue weighted by Crippen LogP contribution is 2.20. The molecule has 1 heterocycles. The van der Waals surface area contributed by atoms with Crippen molar-refractivity contribution in [3.05, 3.63) is 33.4 Å². The van der Waals surface area contributed by atoms with Crippen LogP contribution >= 0.6 is 22.6 Å². The fourth-order valence-corrected chi connectivity index (χ4v) is 2.79. The Labute approximate surface area is 128 Å². The molecule has 104 valence electrons. The zero-order valence-corrected chi connectivity index (χ0v) is 13.4. The van der Waals surface area contributed by atoms with Crippen molar-refractivity contribution in [3.8, 4) is 0 Å². The number of ether oxygens (including phenoxy) is 1. The highest BCUT2D eigenvalue weighted by molar-refractivity contribution is 14.1. The molecule has 0 radical (unpaired) electrons. The van der Waals surface area contributed by atoms with Gasteiger partial charge in [-0.15, -0.1) is 0 Å². The average molecular weight is 373 g/mol. The van der Waals surface area contributed by atoms with Crippen molar-refractivity contribution < 1.29 is 9.53 Å². The van der Waals surface area contributed by atoms with Crippen LogP contribution in [0.25, 0.3) is 0 Å². The molecule has 0 unspecified atom stereocenters. The Morgan fingerprint density at radius 1 is 1.32 bits per heavy atom. The highest BCUT2D eigenvalue weighted by Gasteiger charge is 2.25. The molecular weight excluding hydrogens is 353 g/mol. The smallest absolute Gasteiger partial charge is 0.309 e. The third-order valence-corrected chi connectivity index (χ3v) is 4.25. The number of halogens is 1. The molecule has 1 aromatic rings. The second-order valence-corrected chi connectivity index (χ2v) is 6.17. The minimum Gasteiger partial charge on any atom is -0.466 e. The van der Waals surface area contributed by atoms with Gasteiger partial charge in [0.15, 0.2) is 0 Å². The van der Waals surface area contributed by atoms with Gasteiger partial charge in [-0.3, -0.25) is 9.69 Å². The molecule has 0 saturated carbocycles. The van der Waals surface area contributed by atoms with Gasteiger partial charge in [0.25, 0.3) is 0 Å². The lowest BCUT2D eigenvalue weighted by Gasteiger charge is -2.30. The molecule has 2 rings (SSSR count). The second-order valence-electron chi connectivity index (χ2n) is 4.93. The van der Waals surface area contributed by atoms with E-state index in [0.717, 1.165) is 32.5 Å². The van der Waals surface area contributed by atoms with E-state index in [9.17, 15) is 4.79 Å². The van der Waals surface area contributed by atoms with Crippen molar-refractivity contribution in [2.45, 2.75) is 26.3 Å². The van der Waals surface area contributed by atoms with Crippen LogP contribution in [-0.4, -0.2) is 30.6 Å². The first-order valence-corrected chi connectivity index (χ1v) is 7.90. The normalized spacial score (nSPS) is 17.4. The highest BCUT2D eigenvalue weighted by atomic mass is 127. The SMILES string of the molecule is CCOC(=O)C1CCN(Cc2ccc(I)cc2)CC1. The van der Waals surface area contributed by atoms with Gasteiger partial charge in [0.05, 0.1) is 12.5 Å². The van der Waals surface area contributed by atoms with Gasteiger partial charge in [0.1, 0.15) is 0 Å². The molecule has 0 N–H and O–H groups in total. The largest absolute Gasteiger partial charge is 0.466 e. The van der Waals surface area contributed by atoms with Crippen LogP contribution in [0, 0.1) is 9.49 Å². The zero-order valence-electron chi connectivity index (χ0n) is 11.3. The summed E-state index contributed by atoms with van der Waals surface area (Å²) in [6.07, 6.45) is 1.84. The Bertz CT molecular complexity index is 411. The van der Waals surface area contributed by atoms with Crippen LogP contribution < -0.4 is 0 Å². The quantitative estimate of drug-likeness (QED) is 0.600. The second kappa shape index (κ2) is 7.24. The maximum absolute atomic E-state index is 11.7. The summed E-state index contributed by atoms with van der Waals surface area (Å²) in [6, 6.07) is 8.64. The van der Waals surface area contributed by atoms with Crippen molar-refractivity contribution in [1.29, 1.82) is 0 Å².